The molecule has 1 aliphatic heterocycles. The van der Waals surface area contributed by atoms with Gasteiger partial charge in [0, 0.05) is 42.2 Å². The van der Waals surface area contributed by atoms with E-state index in [1.165, 1.54) is 12.3 Å². The third kappa shape index (κ3) is 8.52. The van der Waals surface area contributed by atoms with Crippen LogP contribution >= 0.6 is 11.6 Å². The monoisotopic (exact) mass is 668 g/mol. The number of benzene rings is 2. The summed E-state index contributed by atoms with van der Waals surface area (Å²) in [5.41, 5.74) is 2.48. The number of anilines is 3. The van der Waals surface area contributed by atoms with Crippen molar-refractivity contribution in [3.05, 3.63) is 89.4 Å². The molecule has 0 bridgehead atoms. The highest BCUT2D eigenvalue weighted by atomic mass is 35.5. The van der Waals surface area contributed by atoms with Gasteiger partial charge in [-0.1, -0.05) is 23.7 Å². The van der Waals surface area contributed by atoms with E-state index >= 15 is 0 Å². The smallest absolute Gasteiger partial charge is 0.410 e. The Balaban J connectivity index is 1.38. The second-order valence-corrected chi connectivity index (χ2v) is 12.5. The van der Waals surface area contributed by atoms with Crippen LogP contribution in [-0.2, 0) is 16.1 Å². The molecule has 2 amide bonds. The molecule has 0 saturated carbocycles. The van der Waals surface area contributed by atoms with Crippen molar-refractivity contribution in [3.8, 4) is 17.6 Å². The summed E-state index contributed by atoms with van der Waals surface area (Å²) >= 11 is 6.56. The van der Waals surface area contributed by atoms with Crippen LogP contribution in [0.3, 0.4) is 0 Å². The lowest BCUT2D eigenvalue weighted by molar-refractivity contribution is -0.112. The average molecular weight is 669 g/mol. The van der Waals surface area contributed by atoms with Crippen LogP contribution in [0.2, 0.25) is 5.02 Å². The number of nitriles is 1. The molecule has 4 aromatic rings. The van der Waals surface area contributed by atoms with Crippen LogP contribution < -0.4 is 20.1 Å². The van der Waals surface area contributed by atoms with Crippen LogP contribution in [0.5, 0.6) is 11.5 Å². The van der Waals surface area contributed by atoms with Gasteiger partial charge in [0.05, 0.1) is 45.8 Å². The van der Waals surface area contributed by atoms with Gasteiger partial charge >= 0.3 is 6.09 Å². The minimum absolute atomic E-state index is 0.259. The zero-order chi connectivity index (χ0) is 34.3. The zero-order valence-electron chi connectivity index (χ0n) is 27.2. The summed E-state index contributed by atoms with van der Waals surface area (Å²) in [6, 6.07) is 16.2. The molecule has 12 heteroatoms. The van der Waals surface area contributed by atoms with E-state index in [2.05, 4.69) is 26.7 Å². The Labute approximate surface area is 284 Å². The predicted molar refractivity (Wildman–Crippen MR) is 185 cm³/mol. The first-order chi connectivity index (χ1) is 23.0. The van der Waals surface area contributed by atoms with Gasteiger partial charge in [-0.15, -0.1) is 0 Å². The number of hydrogen-bond acceptors (Lipinski definition) is 9. The highest BCUT2D eigenvalue weighted by Crippen LogP contribution is 2.37. The molecule has 1 aliphatic rings. The van der Waals surface area contributed by atoms with Gasteiger partial charge in [-0.2, -0.15) is 5.26 Å². The molecule has 3 heterocycles. The Hall–Kier alpha value is -5.34. The number of carbonyl (C=O) groups is 2. The molecule has 11 nitrogen and oxygen atoms in total. The molecule has 1 fully saturated rings. The number of fused-ring (bicyclic) bond motifs is 1. The molecule has 2 aromatic heterocycles. The molecular formula is C36H37ClN6O5. The summed E-state index contributed by atoms with van der Waals surface area (Å²) in [6.07, 6.45) is 7.43. The summed E-state index contributed by atoms with van der Waals surface area (Å²) < 4.78 is 17.2. The van der Waals surface area contributed by atoms with E-state index in [4.69, 9.17) is 25.8 Å². The quantitative estimate of drug-likeness (QED) is 0.162. The highest BCUT2D eigenvalue weighted by molar-refractivity contribution is 6.32. The number of likely N-dealkylation sites (tertiary alicyclic amines) is 1. The molecule has 5 rings (SSSR count). The van der Waals surface area contributed by atoms with E-state index in [0.29, 0.717) is 63.2 Å². The fourth-order valence-corrected chi connectivity index (χ4v) is 5.43. The summed E-state index contributed by atoms with van der Waals surface area (Å²) in [6.45, 7) is 8.47. The second kappa shape index (κ2) is 15.0. The number of nitrogens with one attached hydrogen (secondary N) is 2. The molecule has 0 spiro atoms. The van der Waals surface area contributed by atoms with E-state index in [1.807, 2.05) is 45.9 Å². The Kier molecular flexibility index (Phi) is 10.7. The minimum Gasteiger partial charge on any atom is -0.492 e. The number of amides is 2. The number of carbonyl (C=O) groups excluding carboxylic acids is 2. The van der Waals surface area contributed by atoms with Crippen molar-refractivity contribution in [1.29, 1.82) is 5.26 Å². The van der Waals surface area contributed by atoms with Gasteiger partial charge in [0.2, 0.25) is 5.91 Å². The van der Waals surface area contributed by atoms with Crippen molar-refractivity contribution in [2.45, 2.75) is 58.8 Å². The maximum Gasteiger partial charge on any atom is 0.410 e. The maximum atomic E-state index is 13.2. The molecule has 248 valence electrons. The van der Waals surface area contributed by atoms with Crippen molar-refractivity contribution in [3.63, 3.8) is 0 Å². The van der Waals surface area contributed by atoms with Crippen molar-refractivity contribution in [2.75, 3.05) is 23.8 Å². The molecule has 1 saturated heterocycles. The van der Waals surface area contributed by atoms with Gasteiger partial charge in [-0.25, -0.2) is 4.79 Å². The third-order valence-corrected chi connectivity index (χ3v) is 7.64. The van der Waals surface area contributed by atoms with Crippen molar-refractivity contribution in [2.24, 2.45) is 0 Å². The van der Waals surface area contributed by atoms with Crippen molar-refractivity contribution in [1.82, 2.24) is 14.9 Å². The normalized spacial score (nSPS) is 14.5. The van der Waals surface area contributed by atoms with Gasteiger partial charge in [0.15, 0.2) is 0 Å². The number of hydrogen-bond donors (Lipinski definition) is 2. The second-order valence-electron chi connectivity index (χ2n) is 12.1. The third-order valence-electron chi connectivity index (χ3n) is 7.35. The summed E-state index contributed by atoms with van der Waals surface area (Å²) in [5.74, 6) is 0.501. The van der Waals surface area contributed by atoms with Crippen LogP contribution in [0.1, 0.15) is 51.8 Å². The maximum absolute atomic E-state index is 13.2. The summed E-state index contributed by atoms with van der Waals surface area (Å²) in [7, 11) is 0. The fraction of sp³-hybridized carbons (Fsp3) is 0.306. The number of rotatable bonds is 10. The topological polar surface area (TPSA) is 139 Å². The van der Waals surface area contributed by atoms with Gasteiger partial charge in [-0.3, -0.25) is 14.8 Å². The standard InChI is InChI=1S/C36H37ClN6O5/c1-5-46-32-19-29-27(18-30(32)42-33(44)14-12-26-10-8-16-43(26)35(45)48-36(2,3)4)34(23(20-38)21-40-29)41-24-11-13-31(28(37)17-24)47-22-25-9-6-7-15-39-25/h6-7,9,11-15,17-19,21,26H,5,8,10,16,22H2,1-4H3,(H,40,41)(H,42,44). The highest BCUT2D eigenvalue weighted by Gasteiger charge is 2.30. The van der Waals surface area contributed by atoms with E-state index in [1.54, 1.807) is 47.5 Å². The largest absolute Gasteiger partial charge is 0.492 e. The van der Waals surface area contributed by atoms with Gasteiger partial charge < -0.3 is 29.7 Å². The molecule has 0 radical (unpaired) electrons. The SMILES string of the molecule is CCOc1cc2ncc(C#N)c(Nc3ccc(OCc4ccccn4)c(Cl)c3)c2cc1NC(=O)C=CC1CCCN1C(=O)OC(C)(C)C. The van der Waals surface area contributed by atoms with Crippen LogP contribution in [0.4, 0.5) is 21.9 Å². The van der Waals surface area contributed by atoms with Crippen molar-refractivity contribution < 1.29 is 23.8 Å². The number of nitrogens with zero attached hydrogens (tertiary/aromatic N) is 4. The van der Waals surface area contributed by atoms with Crippen LogP contribution in [-0.4, -0.2) is 51.7 Å². The van der Waals surface area contributed by atoms with Crippen LogP contribution in [0.15, 0.2) is 73.1 Å². The minimum atomic E-state index is -0.615. The molecule has 2 aromatic carbocycles. The van der Waals surface area contributed by atoms with Crippen LogP contribution in [0.25, 0.3) is 10.9 Å². The molecule has 2 N–H and O–H groups in total. The van der Waals surface area contributed by atoms with E-state index in [0.717, 1.165) is 18.5 Å². The lowest BCUT2D eigenvalue weighted by Crippen LogP contribution is -2.39. The predicted octanol–water partition coefficient (Wildman–Crippen LogP) is 7.77. The number of halogens is 1. The van der Waals surface area contributed by atoms with Crippen LogP contribution in [0, 0.1) is 11.3 Å². The first-order valence-corrected chi connectivity index (χ1v) is 16.0. The lowest BCUT2D eigenvalue weighted by Gasteiger charge is -2.27. The summed E-state index contributed by atoms with van der Waals surface area (Å²) in [5, 5.41) is 17.1. The molecule has 0 aliphatic carbocycles. The fourth-order valence-electron chi connectivity index (χ4n) is 5.20. The van der Waals surface area contributed by atoms with Crippen molar-refractivity contribution >= 4 is 51.6 Å². The Morgan fingerprint density at radius 3 is 2.67 bits per heavy atom. The Bertz CT molecular complexity index is 1870. The molecular weight excluding hydrogens is 632 g/mol. The molecule has 1 unspecified atom stereocenters. The summed E-state index contributed by atoms with van der Waals surface area (Å²) in [4.78, 5) is 36.2. The van der Waals surface area contributed by atoms with E-state index in [9.17, 15) is 14.9 Å². The first-order valence-electron chi connectivity index (χ1n) is 15.6. The lowest BCUT2D eigenvalue weighted by atomic mass is 10.1. The van der Waals surface area contributed by atoms with Gasteiger partial charge in [0.25, 0.3) is 0 Å². The van der Waals surface area contributed by atoms with Gasteiger partial charge in [0.1, 0.15) is 29.8 Å². The Morgan fingerprint density at radius 1 is 1.12 bits per heavy atom. The molecule has 48 heavy (non-hydrogen) atoms. The number of ether oxygens (including phenoxy) is 3. The molecule has 1 atom stereocenters. The zero-order valence-corrected chi connectivity index (χ0v) is 28.0. The average Bonchev–Trinajstić information content (AvgIpc) is 3.53. The number of pyridine rings is 2. The Morgan fingerprint density at radius 2 is 1.96 bits per heavy atom. The van der Waals surface area contributed by atoms with E-state index < -0.39 is 17.6 Å². The van der Waals surface area contributed by atoms with E-state index in [-0.39, 0.29) is 12.6 Å². The first kappa shape index (κ1) is 34.0. The number of aromatic nitrogens is 2. The van der Waals surface area contributed by atoms with Gasteiger partial charge in [-0.05, 0) is 76.9 Å².